The third-order valence-corrected chi connectivity index (χ3v) is 5.72. The largest absolute Gasteiger partial charge is 0.289 e. The molecule has 2 aromatic rings. The molecular weight excluding hydrogens is 304 g/mol. The summed E-state index contributed by atoms with van der Waals surface area (Å²) in [6.45, 7) is 1.80. The van der Waals surface area contributed by atoms with Crippen molar-refractivity contribution in [2.45, 2.75) is 24.3 Å². The first-order valence-corrected chi connectivity index (χ1v) is 8.22. The Morgan fingerprint density at radius 3 is 2.50 bits per heavy atom. The second-order valence-corrected chi connectivity index (χ2v) is 6.99. The van der Waals surface area contributed by atoms with Crippen LogP contribution in [0.25, 0.3) is 0 Å². The van der Waals surface area contributed by atoms with Crippen molar-refractivity contribution in [1.82, 2.24) is 0 Å². The van der Waals surface area contributed by atoms with Crippen molar-refractivity contribution in [3.63, 3.8) is 0 Å². The van der Waals surface area contributed by atoms with E-state index in [-0.39, 0.29) is 10.9 Å². The molecule has 1 unspecified atom stereocenters. The van der Waals surface area contributed by atoms with Crippen LogP contribution < -0.4 is 4.31 Å². The molecule has 0 bridgehead atoms. The van der Waals surface area contributed by atoms with E-state index in [4.69, 9.17) is 0 Å². The molecule has 7 heteroatoms. The monoisotopic (exact) mass is 318 g/mol. The molecule has 0 saturated carbocycles. The smallest absolute Gasteiger partial charge is 0.263 e. The number of para-hydroxylation sites is 2. The molecule has 6 nitrogen and oxygen atoms in total. The van der Waals surface area contributed by atoms with E-state index >= 15 is 0 Å². The summed E-state index contributed by atoms with van der Waals surface area (Å²) in [5.74, 6) is 0. The summed E-state index contributed by atoms with van der Waals surface area (Å²) >= 11 is 0. The van der Waals surface area contributed by atoms with Crippen LogP contribution >= 0.6 is 0 Å². The van der Waals surface area contributed by atoms with Crippen LogP contribution in [0.4, 0.5) is 11.4 Å². The molecular formula is C15H14N2O4S. The van der Waals surface area contributed by atoms with E-state index in [1.807, 2.05) is 12.1 Å². The van der Waals surface area contributed by atoms with Gasteiger partial charge in [-0.2, -0.15) is 0 Å². The average molecular weight is 318 g/mol. The highest BCUT2D eigenvalue weighted by atomic mass is 32.2. The van der Waals surface area contributed by atoms with Gasteiger partial charge in [-0.25, -0.2) is 8.42 Å². The number of nitro groups is 1. The van der Waals surface area contributed by atoms with Gasteiger partial charge in [-0.3, -0.25) is 14.4 Å². The minimum atomic E-state index is -3.99. The summed E-state index contributed by atoms with van der Waals surface area (Å²) in [6.07, 6.45) is 0.593. The van der Waals surface area contributed by atoms with Crippen LogP contribution in [0, 0.1) is 10.1 Å². The standard InChI is InChI=1S/C15H14N2O4S/c1-11-10-12-6-2-3-7-13(12)16(11)22(20,21)15-9-5-4-8-14(15)17(18)19/h2-9,11H,10H2,1H3. The number of sulfonamides is 1. The van der Waals surface area contributed by atoms with Crippen LogP contribution in [-0.2, 0) is 16.4 Å². The molecule has 0 saturated heterocycles. The predicted octanol–water partition coefficient (Wildman–Crippen LogP) is 2.73. The summed E-state index contributed by atoms with van der Waals surface area (Å²) in [6, 6.07) is 12.4. The molecule has 0 N–H and O–H groups in total. The number of hydrogen-bond donors (Lipinski definition) is 0. The van der Waals surface area contributed by atoms with Gasteiger partial charge in [-0.15, -0.1) is 0 Å². The van der Waals surface area contributed by atoms with Crippen molar-refractivity contribution in [2.75, 3.05) is 4.31 Å². The highest BCUT2D eigenvalue weighted by Crippen LogP contribution is 2.38. The molecule has 3 rings (SSSR count). The van der Waals surface area contributed by atoms with Crippen molar-refractivity contribution in [3.05, 3.63) is 64.2 Å². The van der Waals surface area contributed by atoms with Gasteiger partial charge in [-0.05, 0) is 31.0 Å². The normalized spacial score (nSPS) is 17.3. The van der Waals surface area contributed by atoms with Gasteiger partial charge in [0.05, 0.1) is 10.6 Å². The van der Waals surface area contributed by atoms with Crippen molar-refractivity contribution in [2.24, 2.45) is 0 Å². The van der Waals surface area contributed by atoms with Gasteiger partial charge in [0.2, 0.25) is 0 Å². The van der Waals surface area contributed by atoms with E-state index < -0.39 is 20.6 Å². The van der Waals surface area contributed by atoms with Gasteiger partial charge < -0.3 is 0 Å². The van der Waals surface area contributed by atoms with Gasteiger partial charge >= 0.3 is 0 Å². The van der Waals surface area contributed by atoms with Crippen LogP contribution in [0.2, 0.25) is 0 Å². The lowest BCUT2D eigenvalue weighted by molar-refractivity contribution is -0.387. The van der Waals surface area contributed by atoms with Crippen LogP contribution in [0.3, 0.4) is 0 Å². The molecule has 0 radical (unpaired) electrons. The minimum absolute atomic E-state index is 0.274. The lowest BCUT2D eigenvalue weighted by Gasteiger charge is -2.24. The maximum Gasteiger partial charge on any atom is 0.289 e. The van der Waals surface area contributed by atoms with E-state index in [0.29, 0.717) is 12.1 Å². The number of hydrogen-bond acceptors (Lipinski definition) is 4. The van der Waals surface area contributed by atoms with Crippen molar-refractivity contribution in [3.8, 4) is 0 Å². The first-order valence-electron chi connectivity index (χ1n) is 6.78. The Hall–Kier alpha value is -2.41. The third-order valence-electron chi connectivity index (χ3n) is 3.74. The highest BCUT2D eigenvalue weighted by Gasteiger charge is 2.38. The Labute approximate surface area is 128 Å². The molecule has 0 aromatic heterocycles. The average Bonchev–Trinajstić information content (AvgIpc) is 2.83. The summed E-state index contributed by atoms with van der Waals surface area (Å²) in [5.41, 5.74) is 1.12. The van der Waals surface area contributed by atoms with Gasteiger partial charge in [0.15, 0.2) is 4.90 Å². The SMILES string of the molecule is CC1Cc2ccccc2N1S(=O)(=O)c1ccccc1[N+](=O)[O-]. The summed E-state index contributed by atoms with van der Waals surface area (Å²) in [5, 5.41) is 11.1. The van der Waals surface area contributed by atoms with Crippen molar-refractivity contribution in [1.29, 1.82) is 0 Å². The summed E-state index contributed by atoms with van der Waals surface area (Å²) in [4.78, 5) is 10.2. The van der Waals surface area contributed by atoms with Crippen LogP contribution in [0.1, 0.15) is 12.5 Å². The van der Waals surface area contributed by atoms with Crippen LogP contribution in [0.5, 0.6) is 0 Å². The van der Waals surface area contributed by atoms with E-state index in [1.54, 1.807) is 19.1 Å². The molecule has 0 amide bonds. The molecule has 0 spiro atoms. The maximum absolute atomic E-state index is 13.0. The van der Waals surface area contributed by atoms with Gasteiger partial charge in [0.1, 0.15) is 0 Å². The fourth-order valence-electron chi connectivity index (χ4n) is 2.84. The summed E-state index contributed by atoms with van der Waals surface area (Å²) in [7, 11) is -3.99. The van der Waals surface area contributed by atoms with Crippen molar-refractivity contribution >= 4 is 21.4 Å². The topological polar surface area (TPSA) is 80.5 Å². The third kappa shape index (κ3) is 2.14. The Bertz CT molecular complexity index is 848. The molecule has 1 aliphatic heterocycles. The first-order chi connectivity index (χ1) is 10.4. The van der Waals surface area contributed by atoms with E-state index in [1.165, 1.54) is 28.6 Å². The fourth-order valence-corrected chi connectivity index (χ4v) is 4.69. The molecule has 22 heavy (non-hydrogen) atoms. The number of fused-ring (bicyclic) bond motifs is 1. The quantitative estimate of drug-likeness (QED) is 0.643. The van der Waals surface area contributed by atoms with E-state index in [9.17, 15) is 18.5 Å². The lowest BCUT2D eigenvalue weighted by Crippen LogP contribution is -2.36. The van der Waals surface area contributed by atoms with E-state index in [0.717, 1.165) is 5.56 Å². The molecule has 2 aromatic carbocycles. The number of anilines is 1. The van der Waals surface area contributed by atoms with Crippen LogP contribution in [0.15, 0.2) is 53.4 Å². The Morgan fingerprint density at radius 1 is 1.14 bits per heavy atom. The zero-order valence-corrected chi connectivity index (χ0v) is 12.7. The number of nitrogens with zero attached hydrogens (tertiary/aromatic N) is 2. The van der Waals surface area contributed by atoms with E-state index in [2.05, 4.69) is 0 Å². The first kappa shape index (κ1) is 14.5. The predicted molar refractivity (Wildman–Crippen MR) is 82.4 cm³/mol. The fraction of sp³-hybridized carbons (Fsp3) is 0.200. The molecule has 0 fully saturated rings. The van der Waals surface area contributed by atoms with Gasteiger partial charge in [0.25, 0.3) is 15.7 Å². The van der Waals surface area contributed by atoms with Gasteiger partial charge in [0, 0.05) is 12.1 Å². The number of benzene rings is 2. The minimum Gasteiger partial charge on any atom is -0.263 e. The molecule has 1 aliphatic rings. The maximum atomic E-state index is 13.0. The molecule has 0 aliphatic carbocycles. The number of rotatable bonds is 3. The van der Waals surface area contributed by atoms with Crippen LogP contribution in [-0.4, -0.2) is 19.4 Å². The Kier molecular flexibility index (Phi) is 3.37. The van der Waals surface area contributed by atoms with Gasteiger partial charge in [-0.1, -0.05) is 30.3 Å². The molecule has 1 atom stereocenters. The highest BCUT2D eigenvalue weighted by molar-refractivity contribution is 7.93. The lowest BCUT2D eigenvalue weighted by atomic mass is 10.1. The van der Waals surface area contributed by atoms with Crippen molar-refractivity contribution < 1.29 is 13.3 Å². The summed E-state index contributed by atoms with van der Waals surface area (Å²) < 4.78 is 27.2. The second-order valence-electron chi connectivity index (χ2n) is 5.21. The second kappa shape index (κ2) is 5.10. The zero-order valence-electron chi connectivity index (χ0n) is 11.8. The Morgan fingerprint density at radius 2 is 1.77 bits per heavy atom. The number of nitro benzene ring substituents is 1. The Balaban J connectivity index is 2.18. The molecule has 1 heterocycles. The zero-order chi connectivity index (χ0) is 15.9. The molecule has 114 valence electrons.